The van der Waals surface area contributed by atoms with Crippen LogP contribution in [0.25, 0.3) is 10.2 Å². The number of amides is 1. The van der Waals surface area contributed by atoms with Gasteiger partial charge >= 0.3 is 0 Å². The highest BCUT2D eigenvalue weighted by molar-refractivity contribution is 7.89. The average Bonchev–Trinajstić information content (AvgIpc) is 3.40. The van der Waals surface area contributed by atoms with Crippen molar-refractivity contribution in [2.24, 2.45) is 0 Å². The lowest BCUT2D eigenvalue weighted by Gasteiger charge is -2.32. The molecule has 0 bridgehead atoms. The van der Waals surface area contributed by atoms with Gasteiger partial charge in [0.15, 0.2) is 5.13 Å². The molecule has 0 atom stereocenters. The molecule has 0 spiro atoms. The van der Waals surface area contributed by atoms with Gasteiger partial charge in [0, 0.05) is 36.6 Å². The fourth-order valence-electron chi connectivity index (χ4n) is 5.09. The molecule has 0 aliphatic heterocycles. The van der Waals surface area contributed by atoms with Crippen LogP contribution in [-0.4, -0.2) is 48.3 Å². The van der Waals surface area contributed by atoms with Crippen molar-refractivity contribution in [2.75, 3.05) is 18.6 Å². The standard InChI is InChI=1S/C29H32N4O4S2/c1-3-33(23-9-5-4-6-10-23)39(35,36)25-14-11-22(12-15-25)28(34)32(20-21-8-7-17-30-19-21)29-31-26-18-24(37-2)13-16-27(26)38-29/h7-8,11-19,23H,3-6,9-10,20H2,1-2H3. The monoisotopic (exact) mass is 564 g/mol. The summed E-state index contributed by atoms with van der Waals surface area (Å²) >= 11 is 1.41. The first kappa shape index (κ1) is 27.2. The third-order valence-electron chi connectivity index (χ3n) is 7.12. The maximum absolute atomic E-state index is 13.8. The molecule has 10 heteroatoms. The summed E-state index contributed by atoms with van der Waals surface area (Å²) in [7, 11) is -2.06. The number of thiazole rings is 1. The smallest absolute Gasteiger partial charge is 0.260 e. The number of pyridine rings is 1. The lowest BCUT2D eigenvalue weighted by atomic mass is 9.95. The van der Waals surface area contributed by atoms with Crippen molar-refractivity contribution < 1.29 is 17.9 Å². The zero-order valence-electron chi connectivity index (χ0n) is 22.1. The lowest BCUT2D eigenvalue weighted by molar-refractivity contribution is 0.0985. The number of anilines is 1. The van der Waals surface area contributed by atoms with Gasteiger partial charge in [-0.05, 0) is 60.9 Å². The third-order valence-corrected chi connectivity index (χ3v) is 10.2. The van der Waals surface area contributed by atoms with Gasteiger partial charge in [-0.25, -0.2) is 13.4 Å². The van der Waals surface area contributed by atoms with E-state index in [0.717, 1.165) is 47.9 Å². The third kappa shape index (κ3) is 5.83. The van der Waals surface area contributed by atoms with Crippen molar-refractivity contribution in [3.05, 3.63) is 78.1 Å². The Morgan fingerprint density at radius 2 is 1.85 bits per heavy atom. The number of rotatable bonds is 9. The van der Waals surface area contributed by atoms with Crippen LogP contribution in [0.1, 0.15) is 54.9 Å². The quantitative estimate of drug-likeness (QED) is 0.252. The maximum Gasteiger partial charge on any atom is 0.260 e. The van der Waals surface area contributed by atoms with E-state index in [2.05, 4.69) is 4.98 Å². The van der Waals surface area contributed by atoms with E-state index in [9.17, 15) is 13.2 Å². The summed E-state index contributed by atoms with van der Waals surface area (Å²) in [6, 6.07) is 15.7. The van der Waals surface area contributed by atoms with Gasteiger partial charge in [-0.3, -0.25) is 14.7 Å². The van der Waals surface area contributed by atoms with Crippen LogP contribution in [0, 0.1) is 0 Å². The van der Waals surface area contributed by atoms with Crippen LogP contribution >= 0.6 is 11.3 Å². The largest absolute Gasteiger partial charge is 0.497 e. The van der Waals surface area contributed by atoms with Crippen LogP contribution in [0.15, 0.2) is 71.9 Å². The molecule has 4 aromatic rings. The Morgan fingerprint density at radius 1 is 1.08 bits per heavy atom. The fraction of sp³-hybridized carbons (Fsp3) is 0.345. The molecule has 1 aliphatic carbocycles. The Hall–Kier alpha value is -3.34. The van der Waals surface area contributed by atoms with Crippen LogP contribution < -0.4 is 9.64 Å². The minimum Gasteiger partial charge on any atom is -0.497 e. The van der Waals surface area contributed by atoms with Crippen molar-refractivity contribution in [3.8, 4) is 5.75 Å². The van der Waals surface area contributed by atoms with Gasteiger partial charge in [-0.2, -0.15) is 4.31 Å². The van der Waals surface area contributed by atoms with Crippen molar-refractivity contribution in [3.63, 3.8) is 0 Å². The number of fused-ring (bicyclic) bond motifs is 1. The predicted octanol–water partition coefficient (Wildman–Crippen LogP) is 5.89. The van der Waals surface area contributed by atoms with Crippen LogP contribution in [0.4, 0.5) is 5.13 Å². The van der Waals surface area contributed by atoms with Gasteiger partial charge in [0.05, 0.1) is 28.8 Å². The summed E-state index contributed by atoms with van der Waals surface area (Å²) in [5, 5.41) is 0.540. The molecular formula is C29H32N4O4S2. The number of hydrogen-bond donors (Lipinski definition) is 0. The second-order valence-corrected chi connectivity index (χ2v) is 12.5. The highest BCUT2D eigenvalue weighted by Crippen LogP contribution is 2.33. The molecule has 204 valence electrons. The Kier molecular flexibility index (Phi) is 8.25. The van der Waals surface area contributed by atoms with E-state index in [0.29, 0.717) is 23.0 Å². The van der Waals surface area contributed by atoms with E-state index in [1.165, 1.54) is 11.3 Å². The molecule has 2 aromatic carbocycles. The van der Waals surface area contributed by atoms with E-state index < -0.39 is 10.0 Å². The van der Waals surface area contributed by atoms with E-state index >= 15 is 0 Å². The number of carbonyl (C=O) groups excluding carboxylic acids is 1. The second kappa shape index (κ2) is 11.8. The first-order chi connectivity index (χ1) is 18.9. The lowest BCUT2D eigenvalue weighted by Crippen LogP contribution is -2.41. The van der Waals surface area contributed by atoms with Gasteiger partial charge in [0.1, 0.15) is 5.75 Å². The molecule has 0 saturated heterocycles. The molecule has 0 N–H and O–H groups in total. The Balaban J connectivity index is 1.45. The van der Waals surface area contributed by atoms with Crippen LogP contribution in [-0.2, 0) is 16.6 Å². The van der Waals surface area contributed by atoms with E-state index in [-0.39, 0.29) is 23.4 Å². The minimum atomic E-state index is -3.66. The molecule has 1 fully saturated rings. The zero-order chi connectivity index (χ0) is 27.4. The first-order valence-corrected chi connectivity index (χ1v) is 15.4. The fourth-order valence-corrected chi connectivity index (χ4v) is 7.73. The van der Waals surface area contributed by atoms with Gasteiger partial charge in [0.2, 0.25) is 10.0 Å². The van der Waals surface area contributed by atoms with Gasteiger partial charge in [-0.1, -0.05) is 43.6 Å². The predicted molar refractivity (Wildman–Crippen MR) is 154 cm³/mol. The van der Waals surface area contributed by atoms with Gasteiger partial charge in [-0.15, -0.1) is 0 Å². The Bertz CT molecular complexity index is 1530. The number of nitrogens with zero attached hydrogens (tertiary/aromatic N) is 4. The van der Waals surface area contributed by atoms with E-state index in [4.69, 9.17) is 9.72 Å². The first-order valence-electron chi connectivity index (χ1n) is 13.2. The molecule has 2 heterocycles. The Morgan fingerprint density at radius 3 is 2.51 bits per heavy atom. The molecule has 1 saturated carbocycles. The van der Waals surface area contributed by atoms with Crippen molar-refractivity contribution >= 4 is 42.6 Å². The maximum atomic E-state index is 13.8. The molecule has 1 amide bonds. The number of carbonyl (C=O) groups is 1. The minimum absolute atomic E-state index is 0.0303. The molecule has 39 heavy (non-hydrogen) atoms. The highest BCUT2D eigenvalue weighted by atomic mass is 32.2. The van der Waals surface area contributed by atoms with Crippen LogP contribution in [0.2, 0.25) is 0 Å². The molecule has 2 aromatic heterocycles. The second-order valence-electron chi connectivity index (χ2n) is 9.61. The molecule has 0 radical (unpaired) electrons. The summed E-state index contributed by atoms with van der Waals surface area (Å²) in [5.41, 5.74) is 1.98. The molecule has 0 unspecified atom stereocenters. The summed E-state index contributed by atoms with van der Waals surface area (Å²) in [5.74, 6) is 0.420. The zero-order valence-corrected chi connectivity index (χ0v) is 23.7. The summed E-state index contributed by atoms with van der Waals surface area (Å²) < 4.78 is 34.9. The van der Waals surface area contributed by atoms with E-state index in [1.54, 1.807) is 53.0 Å². The summed E-state index contributed by atoms with van der Waals surface area (Å²) in [6.45, 7) is 2.58. The topological polar surface area (TPSA) is 92.7 Å². The van der Waals surface area contributed by atoms with Crippen molar-refractivity contribution in [2.45, 2.75) is 56.5 Å². The number of sulfonamides is 1. The number of ether oxygens (including phenoxy) is 1. The van der Waals surface area contributed by atoms with E-state index in [1.807, 2.05) is 37.3 Å². The molecular weight excluding hydrogens is 532 g/mol. The number of benzene rings is 2. The molecule has 8 nitrogen and oxygen atoms in total. The SMILES string of the molecule is CCN(C1CCCCC1)S(=O)(=O)c1ccc(C(=O)N(Cc2cccnc2)c2nc3cc(OC)ccc3s2)cc1. The van der Waals surface area contributed by atoms with Gasteiger partial charge in [0.25, 0.3) is 5.91 Å². The van der Waals surface area contributed by atoms with Crippen LogP contribution in [0.5, 0.6) is 5.75 Å². The molecule has 5 rings (SSSR count). The summed E-state index contributed by atoms with van der Waals surface area (Å²) in [4.78, 5) is 24.6. The number of hydrogen-bond acceptors (Lipinski definition) is 7. The summed E-state index contributed by atoms with van der Waals surface area (Å²) in [6.07, 6.45) is 8.44. The highest BCUT2D eigenvalue weighted by Gasteiger charge is 2.31. The Labute approximate surface area is 233 Å². The number of methoxy groups -OCH3 is 1. The van der Waals surface area contributed by atoms with Crippen molar-refractivity contribution in [1.82, 2.24) is 14.3 Å². The van der Waals surface area contributed by atoms with Gasteiger partial charge < -0.3 is 4.74 Å². The normalized spacial score (nSPS) is 14.5. The number of aromatic nitrogens is 2. The average molecular weight is 565 g/mol. The molecule has 1 aliphatic rings. The van der Waals surface area contributed by atoms with Crippen LogP contribution in [0.3, 0.4) is 0 Å². The van der Waals surface area contributed by atoms with Crippen molar-refractivity contribution in [1.29, 1.82) is 0 Å².